The standard InChI is InChI=1S/C14H15BrO/c15-13-3-5-14(6-4-13)16-9-12-8-10-1-2-11(12)7-10/h1-6,10-12H,7-9H2. The summed E-state index contributed by atoms with van der Waals surface area (Å²) in [6, 6.07) is 8.09. The molecule has 2 bridgehead atoms. The van der Waals surface area contributed by atoms with Gasteiger partial charge in [-0.2, -0.15) is 0 Å². The first-order valence-electron chi connectivity index (χ1n) is 5.88. The number of hydrogen-bond donors (Lipinski definition) is 0. The molecule has 0 amide bonds. The fourth-order valence-corrected chi connectivity index (χ4v) is 3.08. The van der Waals surface area contributed by atoms with Crippen LogP contribution >= 0.6 is 15.9 Å². The van der Waals surface area contributed by atoms with E-state index in [2.05, 4.69) is 28.1 Å². The number of ether oxygens (including phenoxy) is 1. The SMILES string of the molecule is Brc1ccc(OCC2CC3C=CC2C3)cc1. The minimum Gasteiger partial charge on any atom is -0.493 e. The number of allylic oxidation sites excluding steroid dienone is 2. The van der Waals surface area contributed by atoms with Crippen molar-refractivity contribution in [1.82, 2.24) is 0 Å². The minimum absolute atomic E-state index is 0.735. The van der Waals surface area contributed by atoms with Gasteiger partial charge >= 0.3 is 0 Å². The van der Waals surface area contributed by atoms with Gasteiger partial charge in [-0.05, 0) is 54.9 Å². The van der Waals surface area contributed by atoms with Crippen molar-refractivity contribution >= 4 is 15.9 Å². The predicted molar refractivity (Wildman–Crippen MR) is 68.5 cm³/mol. The van der Waals surface area contributed by atoms with Crippen molar-refractivity contribution < 1.29 is 4.74 Å². The van der Waals surface area contributed by atoms with Crippen molar-refractivity contribution in [1.29, 1.82) is 0 Å². The Hall–Kier alpha value is -0.760. The first kappa shape index (κ1) is 10.4. The molecule has 1 aromatic carbocycles. The zero-order valence-electron chi connectivity index (χ0n) is 9.10. The molecule has 2 heteroatoms. The summed E-state index contributed by atoms with van der Waals surface area (Å²) in [5, 5.41) is 0. The van der Waals surface area contributed by atoms with Crippen LogP contribution in [0.25, 0.3) is 0 Å². The van der Waals surface area contributed by atoms with Crippen LogP contribution in [0.3, 0.4) is 0 Å². The number of fused-ring (bicyclic) bond motifs is 2. The van der Waals surface area contributed by atoms with Gasteiger partial charge in [0.15, 0.2) is 0 Å². The van der Waals surface area contributed by atoms with Gasteiger partial charge in [0.05, 0.1) is 6.61 Å². The molecule has 0 N–H and O–H groups in total. The molecule has 0 aromatic heterocycles. The van der Waals surface area contributed by atoms with Gasteiger partial charge in [0.1, 0.15) is 5.75 Å². The average molecular weight is 279 g/mol. The van der Waals surface area contributed by atoms with Crippen LogP contribution in [-0.2, 0) is 0 Å². The minimum atomic E-state index is 0.735. The van der Waals surface area contributed by atoms with Crippen LogP contribution in [0.1, 0.15) is 12.8 Å². The third-order valence-corrected chi connectivity index (χ3v) is 4.22. The van der Waals surface area contributed by atoms with Crippen LogP contribution in [0, 0.1) is 17.8 Å². The largest absolute Gasteiger partial charge is 0.493 e. The molecule has 0 spiro atoms. The summed E-state index contributed by atoms with van der Waals surface area (Å²) in [5.41, 5.74) is 0. The van der Waals surface area contributed by atoms with Gasteiger partial charge in [0, 0.05) is 4.47 Å². The highest BCUT2D eigenvalue weighted by molar-refractivity contribution is 9.10. The van der Waals surface area contributed by atoms with E-state index in [-0.39, 0.29) is 0 Å². The van der Waals surface area contributed by atoms with Crippen LogP contribution in [0.2, 0.25) is 0 Å². The lowest BCUT2D eigenvalue weighted by atomic mass is 9.95. The molecule has 3 atom stereocenters. The Morgan fingerprint density at radius 3 is 2.56 bits per heavy atom. The van der Waals surface area contributed by atoms with Gasteiger partial charge in [0.2, 0.25) is 0 Å². The summed E-state index contributed by atoms with van der Waals surface area (Å²) < 4.78 is 6.94. The van der Waals surface area contributed by atoms with E-state index in [1.165, 1.54) is 12.8 Å². The van der Waals surface area contributed by atoms with Gasteiger partial charge < -0.3 is 4.74 Å². The van der Waals surface area contributed by atoms with Crippen molar-refractivity contribution in [2.75, 3.05) is 6.61 Å². The third kappa shape index (κ3) is 2.03. The van der Waals surface area contributed by atoms with E-state index in [4.69, 9.17) is 4.74 Å². The molecular weight excluding hydrogens is 264 g/mol. The Labute approximate surface area is 105 Å². The van der Waals surface area contributed by atoms with E-state index in [9.17, 15) is 0 Å². The zero-order valence-corrected chi connectivity index (χ0v) is 10.7. The molecular formula is C14H15BrO. The Bertz CT molecular complexity index is 396. The first-order valence-corrected chi connectivity index (χ1v) is 6.67. The second-order valence-electron chi connectivity index (χ2n) is 4.81. The summed E-state index contributed by atoms with van der Waals surface area (Å²) in [7, 11) is 0. The molecule has 1 saturated carbocycles. The molecule has 1 nitrogen and oxygen atoms in total. The number of halogens is 1. The molecule has 0 aliphatic heterocycles. The van der Waals surface area contributed by atoms with Crippen LogP contribution in [0.5, 0.6) is 5.75 Å². The van der Waals surface area contributed by atoms with Crippen LogP contribution in [-0.4, -0.2) is 6.61 Å². The van der Waals surface area contributed by atoms with E-state index in [0.29, 0.717) is 0 Å². The molecule has 84 valence electrons. The Morgan fingerprint density at radius 1 is 1.12 bits per heavy atom. The zero-order chi connectivity index (χ0) is 11.0. The quantitative estimate of drug-likeness (QED) is 0.759. The highest BCUT2D eigenvalue weighted by Gasteiger charge is 2.35. The van der Waals surface area contributed by atoms with E-state index in [1.807, 2.05) is 24.3 Å². The van der Waals surface area contributed by atoms with E-state index >= 15 is 0 Å². The average Bonchev–Trinajstić information content (AvgIpc) is 2.90. The molecule has 1 aromatic rings. The molecule has 0 saturated heterocycles. The Kier molecular flexibility index (Phi) is 2.76. The molecule has 1 fully saturated rings. The van der Waals surface area contributed by atoms with Gasteiger partial charge in [-0.1, -0.05) is 28.1 Å². The van der Waals surface area contributed by atoms with Crippen molar-refractivity contribution in [2.45, 2.75) is 12.8 Å². The first-order chi connectivity index (χ1) is 7.81. The van der Waals surface area contributed by atoms with Gasteiger partial charge in [-0.25, -0.2) is 0 Å². The summed E-state index contributed by atoms with van der Waals surface area (Å²) in [4.78, 5) is 0. The van der Waals surface area contributed by atoms with Crippen LogP contribution in [0.15, 0.2) is 40.9 Å². The van der Waals surface area contributed by atoms with Crippen molar-refractivity contribution in [3.05, 3.63) is 40.9 Å². The van der Waals surface area contributed by atoms with Crippen molar-refractivity contribution in [2.24, 2.45) is 17.8 Å². The second kappa shape index (κ2) is 4.25. The lowest BCUT2D eigenvalue weighted by Crippen LogP contribution is -2.16. The maximum Gasteiger partial charge on any atom is 0.119 e. The normalized spacial score (nSPS) is 30.9. The number of rotatable bonds is 3. The van der Waals surface area contributed by atoms with E-state index in [1.54, 1.807) is 0 Å². The lowest BCUT2D eigenvalue weighted by Gasteiger charge is -2.18. The van der Waals surface area contributed by atoms with Crippen molar-refractivity contribution in [3.63, 3.8) is 0 Å². The molecule has 3 rings (SSSR count). The fraction of sp³-hybridized carbons (Fsp3) is 0.429. The highest BCUT2D eigenvalue weighted by Crippen LogP contribution is 2.43. The monoisotopic (exact) mass is 278 g/mol. The molecule has 3 unspecified atom stereocenters. The molecule has 0 heterocycles. The Morgan fingerprint density at radius 2 is 1.94 bits per heavy atom. The smallest absolute Gasteiger partial charge is 0.119 e. The second-order valence-corrected chi connectivity index (χ2v) is 5.72. The maximum absolute atomic E-state index is 5.84. The van der Waals surface area contributed by atoms with Gasteiger partial charge in [-0.15, -0.1) is 0 Å². The topological polar surface area (TPSA) is 9.23 Å². The molecule has 2 aliphatic rings. The lowest BCUT2D eigenvalue weighted by molar-refractivity contribution is 0.227. The number of hydrogen-bond acceptors (Lipinski definition) is 1. The maximum atomic E-state index is 5.84. The summed E-state index contributed by atoms with van der Waals surface area (Å²) >= 11 is 3.42. The molecule has 16 heavy (non-hydrogen) atoms. The van der Waals surface area contributed by atoms with Crippen LogP contribution in [0.4, 0.5) is 0 Å². The predicted octanol–water partition coefficient (Wildman–Crippen LogP) is 4.04. The fourth-order valence-electron chi connectivity index (χ4n) is 2.82. The molecule has 2 aliphatic carbocycles. The van der Waals surface area contributed by atoms with Crippen molar-refractivity contribution in [3.8, 4) is 5.75 Å². The van der Waals surface area contributed by atoms with Gasteiger partial charge in [-0.3, -0.25) is 0 Å². The third-order valence-electron chi connectivity index (χ3n) is 3.69. The highest BCUT2D eigenvalue weighted by atomic mass is 79.9. The summed E-state index contributed by atoms with van der Waals surface area (Å²) in [6.45, 7) is 0.868. The van der Waals surface area contributed by atoms with E-state index < -0.39 is 0 Å². The number of benzene rings is 1. The van der Waals surface area contributed by atoms with Crippen LogP contribution < -0.4 is 4.74 Å². The summed E-state index contributed by atoms with van der Waals surface area (Å²) in [6.07, 6.45) is 7.43. The Balaban J connectivity index is 1.57. The molecule has 0 radical (unpaired) electrons. The van der Waals surface area contributed by atoms with E-state index in [0.717, 1.165) is 34.6 Å². The summed E-state index contributed by atoms with van der Waals surface area (Å²) in [5.74, 6) is 3.33. The van der Waals surface area contributed by atoms with Gasteiger partial charge in [0.25, 0.3) is 0 Å².